The van der Waals surface area contributed by atoms with Crippen LogP contribution in [0, 0.1) is 0 Å². The van der Waals surface area contributed by atoms with E-state index in [4.69, 9.17) is 0 Å². The minimum absolute atomic E-state index is 0.529. The van der Waals surface area contributed by atoms with Crippen molar-refractivity contribution in [3.8, 4) is 0 Å². The van der Waals surface area contributed by atoms with Gasteiger partial charge in [0.15, 0.2) is 0 Å². The number of rotatable bonds is 12. The van der Waals surface area contributed by atoms with E-state index in [2.05, 4.69) is 114 Å². The molecule has 0 fully saturated rings. The van der Waals surface area contributed by atoms with Crippen molar-refractivity contribution in [1.29, 1.82) is 0 Å². The molecule has 0 amide bonds. The van der Waals surface area contributed by atoms with E-state index >= 15 is 0 Å². The standard InChI is InChI=1S/C30H42As3P/c1-7-31(8-2)25-16-13-19-28(22-25)34(29-20-14-17-26(23-29)32(9-3)10-4)30-21-15-18-27(24-30)33(11-5)12-6/h13-24H,7-12H2,1-6H3. The van der Waals surface area contributed by atoms with Crippen molar-refractivity contribution in [2.45, 2.75) is 72.8 Å². The maximum atomic E-state index is 2.61. The van der Waals surface area contributed by atoms with Gasteiger partial charge in [0.2, 0.25) is 0 Å². The second-order valence-corrected chi connectivity index (χ2v) is 28.6. The summed E-state index contributed by atoms with van der Waals surface area (Å²) >= 11 is -2.79. The van der Waals surface area contributed by atoms with Crippen LogP contribution in [0.2, 0.25) is 31.3 Å². The van der Waals surface area contributed by atoms with Gasteiger partial charge in [-0.05, 0) is 0 Å². The molecule has 0 aliphatic carbocycles. The normalized spacial score (nSPS) is 11.8. The molecule has 0 aliphatic heterocycles. The molecule has 0 aliphatic rings. The van der Waals surface area contributed by atoms with Gasteiger partial charge in [-0.1, -0.05) is 0 Å². The fourth-order valence-electron chi connectivity index (χ4n) is 4.70. The first-order valence-electron chi connectivity index (χ1n) is 12.9. The molecule has 3 aromatic rings. The summed E-state index contributed by atoms with van der Waals surface area (Å²) in [5, 5.41) is 12.8. The van der Waals surface area contributed by atoms with Crippen LogP contribution in [0.5, 0.6) is 0 Å². The van der Waals surface area contributed by atoms with Crippen molar-refractivity contribution in [3.05, 3.63) is 72.8 Å². The molecule has 3 rings (SSSR count). The third kappa shape index (κ3) is 6.95. The van der Waals surface area contributed by atoms with Gasteiger partial charge in [-0.15, -0.1) is 0 Å². The second kappa shape index (κ2) is 14.5. The first kappa shape index (κ1) is 28.3. The van der Waals surface area contributed by atoms with E-state index in [1.165, 1.54) is 31.3 Å². The van der Waals surface area contributed by atoms with Crippen molar-refractivity contribution < 1.29 is 0 Å². The van der Waals surface area contributed by atoms with Gasteiger partial charge >= 0.3 is 226 Å². The van der Waals surface area contributed by atoms with Gasteiger partial charge in [-0.3, -0.25) is 0 Å². The van der Waals surface area contributed by atoms with Crippen molar-refractivity contribution in [2.24, 2.45) is 0 Å². The van der Waals surface area contributed by atoms with E-state index in [1.807, 2.05) is 0 Å². The molecule has 34 heavy (non-hydrogen) atoms. The number of hydrogen-bond acceptors (Lipinski definition) is 0. The Morgan fingerprint density at radius 3 is 0.941 bits per heavy atom. The first-order chi connectivity index (χ1) is 16.6. The molecule has 3 aromatic carbocycles. The van der Waals surface area contributed by atoms with Crippen molar-refractivity contribution in [3.63, 3.8) is 0 Å². The Morgan fingerprint density at radius 2 is 0.706 bits per heavy atom. The van der Waals surface area contributed by atoms with Crippen LogP contribution in [-0.4, -0.2) is 44.0 Å². The van der Waals surface area contributed by atoms with Crippen LogP contribution in [-0.2, 0) is 0 Å². The van der Waals surface area contributed by atoms with Gasteiger partial charge in [0.1, 0.15) is 0 Å². The van der Waals surface area contributed by atoms with Crippen molar-refractivity contribution in [2.75, 3.05) is 0 Å². The molecule has 182 valence electrons. The molecule has 0 nitrogen and oxygen atoms in total. The summed E-state index contributed by atoms with van der Waals surface area (Å²) in [7, 11) is -0.529. The molecular formula is C30H42As3P. The van der Waals surface area contributed by atoms with Crippen molar-refractivity contribution in [1.82, 2.24) is 0 Å². The molecule has 0 N–H and O–H groups in total. The van der Waals surface area contributed by atoms with E-state index in [1.54, 1.807) is 29.0 Å². The molecule has 0 atom stereocenters. The Labute approximate surface area is 224 Å². The van der Waals surface area contributed by atoms with Crippen LogP contribution >= 0.6 is 7.92 Å². The molecule has 0 radical (unpaired) electrons. The average molecular weight is 658 g/mol. The zero-order valence-electron chi connectivity index (χ0n) is 22.0. The Morgan fingerprint density at radius 1 is 0.441 bits per heavy atom. The SMILES string of the molecule is CC[As](CC)c1cccc(P(c2cccc([As](CC)CC)c2)c2cccc([As](CC)CC)c2)c1. The van der Waals surface area contributed by atoms with E-state index in [-0.39, 0.29) is 0 Å². The summed E-state index contributed by atoms with van der Waals surface area (Å²) in [6, 6.07) is 29.5. The Hall–Kier alpha value is -0.235. The summed E-state index contributed by atoms with van der Waals surface area (Å²) in [5.41, 5.74) is 0. The van der Waals surface area contributed by atoms with Gasteiger partial charge in [-0.25, -0.2) is 0 Å². The molecule has 0 bridgehead atoms. The summed E-state index contributed by atoms with van der Waals surface area (Å²) in [4.78, 5) is 0. The zero-order chi connectivity index (χ0) is 24.5. The Kier molecular flexibility index (Phi) is 12.1. The molecule has 0 aromatic heterocycles. The van der Waals surface area contributed by atoms with Crippen molar-refractivity contribution >= 4 is 80.8 Å². The molecule has 0 saturated carbocycles. The van der Waals surface area contributed by atoms with Gasteiger partial charge in [0.05, 0.1) is 0 Å². The van der Waals surface area contributed by atoms with Crippen LogP contribution in [0.25, 0.3) is 0 Å². The van der Waals surface area contributed by atoms with Gasteiger partial charge in [0.25, 0.3) is 0 Å². The third-order valence-corrected chi connectivity index (χ3v) is 25.0. The fourth-order valence-corrected chi connectivity index (χ4v) is 19.1. The Bertz CT molecular complexity index is 891. The second-order valence-electron chi connectivity index (χ2n) is 8.41. The number of benzene rings is 3. The molecular weight excluding hydrogens is 616 g/mol. The monoisotopic (exact) mass is 658 g/mol. The number of hydrogen-bond donors (Lipinski definition) is 0. The van der Waals surface area contributed by atoms with Crippen LogP contribution in [0.3, 0.4) is 0 Å². The first-order valence-corrected chi connectivity index (χ1v) is 25.1. The maximum absolute atomic E-state index is 2.61. The minimum atomic E-state index is -0.931. The van der Waals surface area contributed by atoms with Gasteiger partial charge < -0.3 is 0 Å². The summed E-state index contributed by atoms with van der Waals surface area (Å²) < 4.78 is 5.00. The molecule has 0 heterocycles. The van der Waals surface area contributed by atoms with E-state index in [9.17, 15) is 0 Å². The topological polar surface area (TPSA) is 0 Å². The molecule has 0 saturated heterocycles. The van der Waals surface area contributed by atoms with Crippen LogP contribution < -0.4 is 29.0 Å². The van der Waals surface area contributed by atoms with Crippen LogP contribution in [0.1, 0.15) is 41.5 Å². The van der Waals surface area contributed by atoms with Crippen LogP contribution in [0.15, 0.2) is 72.8 Å². The average Bonchev–Trinajstić information content (AvgIpc) is 2.87. The van der Waals surface area contributed by atoms with E-state index < -0.39 is 51.9 Å². The van der Waals surface area contributed by atoms with E-state index in [0.717, 1.165) is 0 Å². The summed E-state index contributed by atoms with van der Waals surface area (Å²) in [5.74, 6) is 0. The molecule has 4 heteroatoms. The predicted octanol–water partition coefficient (Wildman–Crippen LogP) is 5.67. The van der Waals surface area contributed by atoms with Gasteiger partial charge in [0, 0.05) is 0 Å². The molecule has 0 unspecified atom stereocenters. The quantitative estimate of drug-likeness (QED) is 0.174. The third-order valence-electron chi connectivity index (χ3n) is 6.65. The van der Waals surface area contributed by atoms with E-state index in [0.29, 0.717) is 0 Å². The molecule has 0 spiro atoms. The fraction of sp³-hybridized carbons (Fsp3) is 0.400. The summed E-state index contributed by atoms with van der Waals surface area (Å²) in [6.45, 7) is 14.4. The zero-order valence-corrected chi connectivity index (χ0v) is 28.5. The van der Waals surface area contributed by atoms with Gasteiger partial charge in [-0.2, -0.15) is 0 Å². The predicted molar refractivity (Wildman–Crippen MR) is 164 cm³/mol. The summed E-state index contributed by atoms with van der Waals surface area (Å²) in [6.07, 6.45) is 0. The Balaban J connectivity index is 2.17. The van der Waals surface area contributed by atoms with Crippen LogP contribution in [0.4, 0.5) is 0 Å².